The number of carbonyl (C=O) groups is 2. The maximum Gasteiger partial charge on any atom is 0.291 e. The largest absolute Gasteiger partial charge is 0.355 e. The summed E-state index contributed by atoms with van der Waals surface area (Å²) in [5, 5.41) is 4.30. The van der Waals surface area contributed by atoms with Gasteiger partial charge in [0.1, 0.15) is 0 Å². The standard InChI is InChI=1S/C17H11BrClN3O3/c18-13-4-2-1-3-12(13)16(23)20-21-17(24)14-9-15(25-22-14)10-5-7-11(19)8-6-10/h1-9H,(H,20,23)(H,21,24). The van der Waals surface area contributed by atoms with Gasteiger partial charge in [0.15, 0.2) is 11.5 Å². The number of hydrazine groups is 1. The number of nitrogens with one attached hydrogen (secondary N) is 2. The first-order valence-corrected chi connectivity index (χ1v) is 8.29. The van der Waals surface area contributed by atoms with Crippen molar-refractivity contribution in [2.45, 2.75) is 0 Å². The van der Waals surface area contributed by atoms with Crippen LogP contribution in [0.25, 0.3) is 11.3 Å². The van der Waals surface area contributed by atoms with Crippen molar-refractivity contribution >= 4 is 39.3 Å². The number of benzene rings is 2. The van der Waals surface area contributed by atoms with Gasteiger partial charge in [-0.25, -0.2) is 0 Å². The number of aromatic nitrogens is 1. The lowest BCUT2D eigenvalue weighted by molar-refractivity contribution is 0.0841. The van der Waals surface area contributed by atoms with Gasteiger partial charge < -0.3 is 4.52 Å². The number of hydrogen-bond acceptors (Lipinski definition) is 4. The minimum absolute atomic E-state index is 0.0392. The van der Waals surface area contributed by atoms with E-state index in [9.17, 15) is 9.59 Å². The first-order chi connectivity index (χ1) is 12.0. The fourth-order valence-corrected chi connectivity index (χ4v) is 2.61. The van der Waals surface area contributed by atoms with Gasteiger partial charge in [0.05, 0.1) is 5.56 Å². The Bertz CT molecular complexity index is 925. The zero-order valence-corrected chi connectivity index (χ0v) is 15.0. The molecular formula is C17H11BrClN3O3. The van der Waals surface area contributed by atoms with Crippen LogP contribution in [0.5, 0.6) is 0 Å². The van der Waals surface area contributed by atoms with Crippen LogP contribution in [0.3, 0.4) is 0 Å². The maximum atomic E-state index is 12.1. The zero-order valence-electron chi connectivity index (χ0n) is 12.6. The van der Waals surface area contributed by atoms with E-state index in [1.165, 1.54) is 6.07 Å². The summed E-state index contributed by atoms with van der Waals surface area (Å²) in [4.78, 5) is 24.1. The SMILES string of the molecule is O=C(NNC(=O)c1ccccc1Br)c1cc(-c2ccc(Cl)cc2)on1. The topological polar surface area (TPSA) is 84.2 Å². The molecular weight excluding hydrogens is 410 g/mol. The highest BCUT2D eigenvalue weighted by atomic mass is 79.9. The van der Waals surface area contributed by atoms with Crippen molar-refractivity contribution in [3.8, 4) is 11.3 Å². The van der Waals surface area contributed by atoms with E-state index in [0.717, 1.165) is 5.56 Å². The van der Waals surface area contributed by atoms with E-state index in [4.69, 9.17) is 16.1 Å². The van der Waals surface area contributed by atoms with Gasteiger partial charge in [-0.15, -0.1) is 0 Å². The van der Waals surface area contributed by atoms with Gasteiger partial charge in [-0.3, -0.25) is 20.4 Å². The highest BCUT2D eigenvalue weighted by molar-refractivity contribution is 9.10. The molecule has 0 aliphatic heterocycles. The molecule has 1 aromatic heterocycles. The summed E-state index contributed by atoms with van der Waals surface area (Å²) < 4.78 is 5.77. The molecule has 25 heavy (non-hydrogen) atoms. The molecule has 0 radical (unpaired) electrons. The van der Waals surface area contributed by atoms with Crippen molar-refractivity contribution in [1.82, 2.24) is 16.0 Å². The van der Waals surface area contributed by atoms with E-state index in [1.807, 2.05) is 0 Å². The minimum Gasteiger partial charge on any atom is -0.355 e. The molecule has 0 atom stereocenters. The third kappa shape index (κ3) is 4.07. The third-order valence-electron chi connectivity index (χ3n) is 3.28. The van der Waals surface area contributed by atoms with Crippen LogP contribution >= 0.6 is 27.5 Å². The van der Waals surface area contributed by atoms with Gasteiger partial charge in [0, 0.05) is 21.1 Å². The van der Waals surface area contributed by atoms with Crippen molar-refractivity contribution in [3.05, 3.63) is 75.4 Å². The second-order valence-electron chi connectivity index (χ2n) is 4.97. The molecule has 0 fully saturated rings. The lowest BCUT2D eigenvalue weighted by atomic mass is 10.1. The fourth-order valence-electron chi connectivity index (χ4n) is 2.02. The Hall–Kier alpha value is -2.64. The molecule has 2 amide bonds. The Morgan fingerprint density at radius 1 is 1.00 bits per heavy atom. The van der Waals surface area contributed by atoms with E-state index in [-0.39, 0.29) is 5.69 Å². The van der Waals surface area contributed by atoms with Crippen molar-refractivity contribution in [2.24, 2.45) is 0 Å². The van der Waals surface area contributed by atoms with Crippen molar-refractivity contribution in [1.29, 1.82) is 0 Å². The Balaban J connectivity index is 1.65. The zero-order chi connectivity index (χ0) is 17.8. The molecule has 0 saturated carbocycles. The van der Waals surface area contributed by atoms with E-state index in [2.05, 4.69) is 31.9 Å². The Morgan fingerprint density at radius 2 is 1.68 bits per heavy atom. The van der Waals surface area contributed by atoms with Gasteiger partial charge in [-0.05, 0) is 52.3 Å². The molecule has 0 unspecified atom stereocenters. The Kier molecular flexibility index (Phi) is 5.16. The van der Waals surface area contributed by atoms with E-state index in [0.29, 0.717) is 20.8 Å². The fraction of sp³-hybridized carbons (Fsp3) is 0. The summed E-state index contributed by atoms with van der Waals surface area (Å²) in [7, 11) is 0. The molecule has 0 bridgehead atoms. The number of halogens is 2. The number of nitrogens with zero attached hydrogens (tertiary/aromatic N) is 1. The molecule has 126 valence electrons. The molecule has 6 nitrogen and oxygen atoms in total. The van der Waals surface area contributed by atoms with Crippen LogP contribution < -0.4 is 10.9 Å². The smallest absolute Gasteiger partial charge is 0.291 e. The molecule has 0 aliphatic rings. The third-order valence-corrected chi connectivity index (χ3v) is 4.22. The summed E-state index contributed by atoms with van der Waals surface area (Å²) in [6.07, 6.45) is 0. The summed E-state index contributed by atoms with van der Waals surface area (Å²) in [5.41, 5.74) is 5.78. The van der Waals surface area contributed by atoms with Crippen molar-refractivity contribution in [2.75, 3.05) is 0 Å². The molecule has 8 heteroatoms. The number of hydrogen-bond donors (Lipinski definition) is 2. The highest BCUT2D eigenvalue weighted by Crippen LogP contribution is 2.22. The van der Waals surface area contributed by atoms with Crippen LogP contribution in [0.15, 0.2) is 63.6 Å². The quantitative estimate of drug-likeness (QED) is 0.631. The second kappa shape index (κ2) is 7.50. The molecule has 3 aromatic rings. The molecule has 2 aromatic carbocycles. The summed E-state index contributed by atoms with van der Waals surface area (Å²) in [5.74, 6) is -0.634. The lowest BCUT2D eigenvalue weighted by Crippen LogP contribution is -2.41. The summed E-state index contributed by atoms with van der Waals surface area (Å²) >= 11 is 9.11. The normalized spacial score (nSPS) is 10.3. The maximum absolute atomic E-state index is 12.1. The molecule has 0 saturated heterocycles. The van der Waals surface area contributed by atoms with Gasteiger partial charge in [-0.2, -0.15) is 0 Å². The van der Waals surface area contributed by atoms with E-state index < -0.39 is 11.8 Å². The van der Waals surface area contributed by atoms with Gasteiger partial charge >= 0.3 is 0 Å². The van der Waals surface area contributed by atoms with Gasteiger partial charge in [0.2, 0.25) is 0 Å². The highest BCUT2D eigenvalue weighted by Gasteiger charge is 2.15. The number of carbonyl (C=O) groups excluding carboxylic acids is 2. The number of rotatable bonds is 3. The molecule has 1 heterocycles. The average molecular weight is 421 g/mol. The summed E-state index contributed by atoms with van der Waals surface area (Å²) in [6, 6.07) is 15.2. The molecule has 0 aliphatic carbocycles. The Morgan fingerprint density at radius 3 is 2.40 bits per heavy atom. The van der Waals surface area contributed by atoms with Crippen LogP contribution in [0.1, 0.15) is 20.8 Å². The van der Waals surface area contributed by atoms with Crippen molar-refractivity contribution < 1.29 is 14.1 Å². The van der Waals surface area contributed by atoms with Gasteiger partial charge in [-0.1, -0.05) is 28.9 Å². The lowest BCUT2D eigenvalue weighted by Gasteiger charge is -2.06. The summed E-state index contributed by atoms with van der Waals surface area (Å²) in [6.45, 7) is 0. The van der Waals surface area contributed by atoms with E-state index in [1.54, 1.807) is 48.5 Å². The van der Waals surface area contributed by atoms with Crippen LogP contribution in [0, 0.1) is 0 Å². The van der Waals surface area contributed by atoms with Crippen LogP contribution in [0.4, 0.5) is 0 Å². The monoisotopic (exact) mass is 419 g/mol. The van der Waals surface area contributed by atoms with Crippen molar-refractivity contribution in [3.63, 3.8) is 0 Å². The molecule has 0 spiro atoms. The number of amides is 2. The van der Waals surface area contributed by atoms with Crippen LogP contribution in [-0.2, 0) is 0 Å². The minimum atomic E-state index is -0.593. The van der Waals surface area contributed by atoms with Crippen LogP contribution in [0.2, 0.25) is 5.02 Å². The first-order valence-electron chi connectivity index (χ1n) is 7.12. The molecule has 2 N–H and O–H groups in total. The predicted molar refractivity (Wildman–Crippen MR) is 96.0 cm³/mol. The Labute approximate surface area is 156 Å². The van der Waals surface area contributed by atoms with Gasteiger partial charge in [0.25, 0.3) is 11.8 Å². The second-order valence-corrected chi connectivity index (χ2v) is 6.26. The first kappa shape index (κ1) is 17.2. The molecule has 3 rings (SSSR count). The van der Waals surface area contributed by atoms with Crippen LogP contribution in [-0.4, -0.2) is 17.0 Å². The predicted octanol–water partition coefficient (Wildman–Crippen LogP) is 3.83. The van der Waals surface area contributed by atoms with E-state index >= 15 is 0 Å². The average Bonchev–Trinajstić information content (AvgIpc) is 3.10.